The minimum Gasteiger partial charge on any atom is -0.495 e. The first-order chi connectivity index (χ1) is 13.5. The summed E-state index contributed by atoms with van der Waals surface area (Å²) in [7, 11) is -2.10. The Kier molecular flexibility index (Phi) is 6.97. The molecule has 0 radical (unpaired) electrons. The molecule has 1 saturated heterocycles. The summed E-state index contributed by atoms with van der Waals surface area (Å²) in [5, 5.41) is 0. The molecule has 6 heteroatoms. The van der Waals surface area contributed by atoms with Crippen LogP contribution in [0.15, 0.2) is 47.4 Å². The number of sulfonamides is 1. The van der Waals surface area contributed by atoms with Crippen LogP contribution in [-0.2, 0) is 22.9 Å². The number of nitrogens with zero attached hydrogens (tertiary/aromatic N) is 1. The molecule has 1 N–H and O–H groups in total. The topological polar surface area (TPSA) is 58.6 Å². The van der Waals surface area contributed by atoms with Crippen LogP contribution in [0.4, 0.5) is 5.69 Å². The second-order valence-corrected chi connectivity index (χ2v) is 8.94. The molecule has 28 heavy (non-hydrogen) atoms. The quantitative estimate of drug-likeness (QED) is 0.649. The molecule has 0 atom stereocenters. The second-order valence-electron chi connectivity index (χ2n) is 7.20. The highest BCUT2D eigenvalue weighted by atomic mass is 32.2. The van der Waals surface area contributed by atoms with Gasteiger partial charge in [-0.25, -0.2) is 13.1 Å². The first kappa shape index (κ1) is 20.7. The third-order valence-corrected chi connectivity index (χ3v) is 6.75. The summed E-state index contributed by atoms with van der Waals surface area (Å²) in [4.78, 5) is 2.62. The van der Waals surface area contributed by atoms with E-state index in [1.165, 1.54) is 31.2 Å². The van der Waals surface area contributed by atoms with Crippen molar-refractivity contribution in [1.82, 2.24) is 4.72 Å². The lowest BCUT2D eigenvalue weighted by Crippen LogP contribution is -2.25. The predicted molar refractivity (Wildman–Crippen MR) is 114 cm³/mol. The molecule has 5 nitrogen and oxygen atoms in total. The van der Waals surface area contributed by atoms with Gasteiger partial charge >= 0.3 is 0 Å². The lowest BCUT2D eigenvalue weighted by atomic mass is 10.1. The Balaban J connectivity index is 1.54. The van der Waals surface area contributed by atoms with Gasteiger partial charge in [0.05, 0.1) is 7.11 Å². The smallest absolute Gasteiger partial charge is 0.244 e. The molecule has 1 aliphatic rings. The van der Waals surface area contributed by atoms with Gasteiger partial charge in [0.15, 0.2) is 0 Å². The van der Waals surface area contributed by atoms with Crippen LogP contribution >= 0.6 is 0 Å². The summed E-state index contributed by atoms with van der Waals surface area (Å²) in [5.74, 6) is 0.377. The largest absolute Gasteiger partial charge is 0.495 e. The summed E-state index contributed by atoms with van der Waals surface area (Å²) in [6, 6.07) is 13.9. The molecule has 0 unspecified atom stereocenters. The van der Waals surface area contributed by atoms with E-state index in [2.05, 4.69) is 33.9 Å². The summed E-state index contributed by atoms with van der Waals surface area (Å²) < 4.78 is 33.3. The van der Waals surface area contributed by atoms with Gasteiger partial charge in [-0.2, -0.15) is 0 Å². The maximum atomic E-state index is 12.7. The Morgan fingerprint density at radius 1 is 1.04 bits per heavy atom. The summed E-state index contributed by atoms with van der Waals surface area (Å²) in [5.41, 5.74) is 3.48. The van der Waals surface area contributed by atoms with Crippen LogP contribution in [0.25, 0.3) is 0 Å². The summed E-state index contributed by atoms with van der Waals surface area (Å²) in [6.07, 6.45) is 4.91. The normalized spacial score (nSPS) is 14.4. The molecule has 1 heterocycles. The highest BCUT2D eigenvalue weighted by Gasteiger charge is 2.19. The van der Waals surface area contributed by atoms with Gasteiger partial charge in [-0.3, -0.25) is 0 Å². The van der Waals surface area contributed by atoms with Crippen molar-refractivity contribution in [2.75, 3.05) is 31.6 Å². The van der Waals surface area contributed by atoms with Gasteiger partial charge in [0, 0.05) is 25.3 Å². The van der Waals surface area contributed by atoms with E-state index in [0.717, 1.165) is 37.9 Å². The summed E-state index contributed by atoms with van der Waals surface area (Å²) in [6.45, 7) is 4.68. The number of hydrogen-bond donors (Lipinski definition) is 1. The molecular weight excluding hydrogens is 372 g/mol. The molecule has 2 aromatic carbocycles. The van der Waals surface area contributed by atoms with E-state index in [9.17, 15) is 8.42 Å². The van der Waals surface area contributed by atoms with Crippen molar-refractivity contribution in [3.8, 4) is 5.75 Å². The molecule has 0 spiro atoms. The molecule has 0 saturated carbocycles. The molecule has 3 rings (SSSR count). The van der Waals surface area contributed by atoms with Crippen molar-refractivity contribution in [1.29, 1.82) is 0 Å². The Morgan fingerprint density at radius 2 is 1.71 bits per heavy atom. The van der Waals surface area contributed by atoms with Crippen molar-refractivity contribution in [3.05, 3.63) is 53.6 Å². The van der Waals surface area contributed by atoms with Crippen molar-refractivity contribution in [2.24, 2.45) is 0 Å². The van der Waals surface area contributed by atoms with Crippen LogP contribution in [0.2, 0.25) is 0 Å². The zero-order chi connectivity index (χ0) is 20.0. The second kappa shape index (κ2) is 9.43. The van der Waals surface area contributed by atoms with E-state index >= 15 is 0 Å². The summed E-state index contributed by atoms with van der Waals surface area (Å²) >= 11 is 0. The van der Waals surface area contributed by atoms with Gasteiger partial charge in [0.25, 0.3) is 0 Å². The Bertz CT molecular complexity index is 873. The minimum absolute atomic E-state index is 0.212. The highest BCUT2D eigenvalue weighted by Crippen LogP contribution is 2.25. The molecule has 1 aliphatic heterocycles. The van der Waals surface area contributed by atoms with Crippen LogP contribution in [0, 0.1) is 0 Å². The number of nitrogens with one attached hydrogen (secondary N) is 1. The first-order valence-corrected chi connectivity index (χ1v) is 11.5. The van der Waals surface area contributed by atoms with E-state index in [0.29, 0.717) is 12.3 Å². The molecular formula is C22H30N2O3S. The monoisotopic (exact) mass is 402 g/mol. The van der Waals surface area contributed by atoms with Crippen molar-refractivity contribution in [2.45, 2.75) is 43.9 Å². The number of ether oxygens (including phenoxy) is 1. The predicted octanol–water partition coefficient (Wildman–Crippen LogP) is 3.77. The van der Waals surface area contributed by atoms with Crippen molar-refractivity contribution < 1.29 is 13.2 Å². The van der Waals surface area contributed by atoms with E-state index in [1.807, 2.05) is 13.0 Å². The third-order valence-electron chi connectivity index (χ3n) is 5.27. The number of rotatable bonds is 9. The fraction of sp³-hybridized carbons (Fsp3) is 0.455. The molecule has 0 aromatic heterocycles. The van der Waals surface area contributed by atoms with Crippen LogP contribution in [-0.4, -0.2) is 35.2 Å². The number of benzene rings is 2. The minimum atomic E-state index is -3.59. The zero-order valence-electron chi connectivity index (χ0n) is 16.8. The van der Waals surface area contributed by atoms with Gasteiger partial charge in [0.2, 0.25) is 10.0 Å². The fourth-order valence-corrected chi connectivity index (χ4v) is 4.87. The fourth-order valence-electron chi connectivity index (χ4n) is 3.58. The molecule has 0 bridgehead atoms. The molecule has 2 aromatic rings. The lowest BCUT2D eigenvalue weighted by Gasteiger charge is -2.17. The highest BCUT2D eigenvalue weighted by molar-refractivity contribution is 7.89. The molecule has 152 valence electrons. The van der Waals surface area contributed by atoms with Crippen LogP contribution < -0.4 is 14.4 Å². The van der Waals surface area contributed by atoms with Gasteiger partial charge in [-0.1, -0.05) is 25.1 Å². The SMILES string of the molecule is CCc1ccc(OC)c(S(=O)(=O)NCCCc2ccc(N3CCCC3)cc2)c1. The van der Waals surface area contributed by atoms with Crippen LogP contribution in [0.1, 0.15) is 37.3 Å². The average Bonchev–Trinajstić information content (AvgIpc) is 3.26. The van der Waals surface area contributed by atoms with Gasteiger partial charge in [-0.15, -0.1) is 0 Å². The number of anilines is 1. The van der Waals surface area contributed by atoms with E-state index < -0.39 is 10.0 Å². The van der Waals surface area contributed by atoms with Crippen molar-refractivity contribution >= 4 is 15.7 Å². The first-order valence-electron chi connectivity index (χ1n) is 10.0. The Labute approximate surface area is 168 Å². The molecule has 0 aliphatic carbocycles. The average molecular weight is 403 g/mol. The maximum Gasteiger partial charge on any atom is 0.244 e. The third kappa shape index (κ3) is 5.06. The standard InChI is InChI=1S/C22H30N2O3S/c1-3-18-10-13-21(27-2)22(17-18)28(25,26)23-14-6-7-19-8-11-20(12-9-19)24-15-4-5-16-24/h8-13,17,23H,3-7,14-16H2,1-2H3. The van der Waals surface area contributed by atoms with E-state index in [1.54, 1.807) is 12.1 Å². The van der Waals surface area contributed by atoms with E-state index in [4.69, 9.17) is 4.74 Å². The lowest BCUT2D eigenvalue weighted by molar-refractivity contribution is 0.402. The van der Waals surface area contributed by atoms with E-state index in [-0.39, 0.29) is 4.90 Å². The van der Waals surface area contributed by atoms with Gasteiger partial charge in [-0.05, 0) is 67.5 Å². The van der Waals surface area contributed by atoms with Crippen LogP contribution in [0.3, 0.4) is 0 Å². The molecule has 0 amide bonds. The number of methoxy groups -OCH3 is 1. The van der Waals surface area contributed by atoms with Crippen LogP contribution in [0.5, 0.6) is 5.75 Å². The van der Waals surface area contributed by atoms with Gasteiger partial charge in [0.1, 0.15) is 10.6 Å². The maximum absolute atomic E-state index is 12.7. The Hall–Kier alpha value is -2.05. The Morgan fingerprint density at radius 3 is 2.36 bits per heavy atom. The molecule has 1 fully saturated rings. The number of hydrogen-bond acceptors (Lipinski definition) is 4. The zero-order valence-corrected chi connectivity index (χ0v) is 17.6. The number of aryl methyl sites for hydroxylation is 2. The van der Waals surface area contributed by atoms with Crippen molar-refractivity contribution in [3.63, 3.8) is 0 Å². The van der Waals surface area contributed by atoms with Gasteiger partial charge < -0.3 is 9.64 Å².